The first kappa shape index (κ1) is 37.3. The predicted octanol–water partition coefficient (Wildman–Crippen LogP) is -1.24. The lowest BCUT2D eigenvalue weighted by Crippen LogP contribution is -2.76. The van der Waals surface area contributed by atoms with E-state index in [-0.39, 0.29) is 10.8 Å². The van der Waals surface area contributed by atoms with Crippen molar-refractivity contribution < 1.29 is 50.9 Å². The summed E-state index contributed by atoms with van der Waals surface area (Å²) in [6.45, 7) is 5.89. The van der Waals surface area contributed by atoms with Gasteiger partial charge in [0, 0.05) is 36.5 Å². The summed E-state index contributed by atoms with van der Waals surface area (Å²) in [5.74, 6) is -1.95. The number of rotatable bonds is 17. The van der Waals surface area contributed by atoms with Crippen LogP contribution in [-0.4, -0.2) is 107 Å². The fourth-order valence-corrected chi connectivity index (χ4v) is 6.04. The molecule has 1 unspecified atom stereocenters. The number of nitrogen functional groups attached to an aromatic ring is 1. The average Bonchev–Trinajstić information content (AvgIpc) is 3.49. The van der Waals surface area contributed by atoms with Gasteiger partial charge in [0.1, 0.15) is 30.3 Å². The molecule has 2 fully saturated rings. The summed E-state index contributed by atoms with van der Waals surface area (Å²) in [4.78, 5) is 51.7. The zero-order valence-electron chi connectivity index (χ0n) is 27.4. The summed E-state index contributed by atoms with van der Waals surface area (Å²) < 4.78 is 43.3. The molecule has 2 amide bonds. The number of anilines is 2. The number of carboxylic acids is 1. The van der Waals surface area contributed by atoms with Crippen LogP contribution in [0.25, 0.3) is 11.1 Å². The molecule has 9 N–H and O–H groups in total. The number of carboxylic acid groups (broad SMARTS) is 1. The van der Waals surface area contributed by atoms with Crippen molar-refractivity contribution in [1.29, 1.82) is 0 Å². The zero-order chi connectivity index (χ0) is 36.9. The summed E-state index contributed by atoms with van der Waals surface area (Å²) >= 11 is 0.958. The first-order valence-electron chi connectivity index (χ1n) is 15.4. The van der Waals surface area contributed by atoms with Crippen LogP contribution >= 0.6 is 11.3 Å². The Morgan fingerprint density at radius 3 is 2.55 bits per heavy atom. The van der Waals surface area contributed by atoms with E-state index in [4.69, 9.17) is 25.6 Å². The number of nitrogens with two attached hydrogens (primary N) is 2. The molecule has 5 rings (SSSR count). The number of carbonyl (C=O) groups excluding carboxylic acids is 2. The third-order valence-electron chi connectivity index (χ3n) is 7.88. The lowest BCUT2D eigenvalue weighted by Gasteiger charge is -2.50. The van der Waals surface area contributed by atoms with Crippen molar-refractivity contribution in [3.8, 4) is 16.9 Å². The van der Waals surface area contributed by atoms with Gasteiger partial charge in [-0.05, 0) is 31.5 Å². The molecule has 2 aliphatic rings. The van der Waals surface area contributed by atoms with E-state index in [1.165, 1.54) is 19.2 Å². The highest BCUT2D eigenvalue weighted by molar-refractivity contribution is 7.80. The van der Waals surface area contributed by atoms with E-state index in [0.717, 1.165) is 48.0 Å². The minimum atomic E-state index is -5.02. The number of nitrogens with zero attached hydrogens (tertiary/aromatic N) is 5. The van der Waals surface area contributed by atoms with Gasteiger partial charge in [0.25, 0.3) is 17.9 Å². The van der Waals surface area contributed by atoms with Crippen LogP contribution in [0.1, 0.15) is 19.5 Å². The first-order chi connectivity index (χ1) is 24.2. The number of benzene rings is 1. The Labute approximate surface area is 295 Å². The van der Waals surface area contributed by atoms with E-state index in [1.807, 2.05) is 6.20 Å². The second-order valence-electron chi connectivity index (χ2n) is 12.0. The van der Waals surface area contributed by atoms with Gasteiger partial charge < -0.3 is 36.8 Å². The molecule has 1 aromatic carbocycles. The van der Waals surface area contributed by atoms with Crippen LogP contribution in [0.3, 0.4) is 0 Å². The quantitative estimate of drug-likeness (QED) is 0.0279. The zero-order valence-corrected chi connectivity index (χ0v) is 29.0. The van der Waals surface area contributed by atoms with Crippen LogP contribution < -0.4 is 36.7 Å². The van der Waals surface area contributed by atoms with Crippen LogP contribution in [0.15, 0.2) is 47.2 Å². The van der Waals surface area contributed by atoms with Crippen molar-refractivity contribution in [2.45, 2.75) is 38.1 Å². The highest BCUT2D eigenvalue weighted by Crippen LogP contribution is 2.33. The maximum Gasteiger partial charge on any atom is 0.418 e. The maximum atomic E-state index is 13.3. The van der Waals surface area contributed by atoms with Crippen LogP contribution in [0.4, 0.5) is 11.1 Å². The second kappa shape index (κ2) is 15.5. The van der Waals surface area contributed by atoms with Gasteiger partial charge >= 0.3 is 22.3 Å². The van der Waals surface area contributed by atoms with Gasteiger partial charge in [-0.25, -0.2) is 14.3 Å². The lowest BCUT2D eigenvalue weighted by atomic mass is 9.84. The molecule has 0 aliphatic carbocycles. The Balaban J connectivity index is 1.25. The molecule has 4 heterocycles. The molecule has 2 atom stereocenters. The molecule has 51 heavy (non-hydrogen) atoms. The number of nitrogens with one attached hydrogen (secondary N) is 3. The molecule has 0 radical (unpaired) electrons. The Hall–Kier alpha value is -5.00. The van der Waals surface area contributed by atoms with E-state index < -0.39 is 58.2 Å². The maximum absolute atomic E-state index is 13.3. The molecule has 2 aliphatic heterocycles. The number of hydrogen-bond donors (Lipinski definition) is 7. The lowest BCUT2D eigenvalue weighted by molar-refractivity contribution is -0.692. The fraction of sp³-hybridized carbons (Fsp3) is 0.414. The van der Waals surface area contributed by atoms with Crippen molar-refractivity contribution in [3.05, 3.63) is 47.7 Å². The van der Waals surface area contributed by atoms with Gasteiger partial charge in [-0.1, -0.05) is 22.3 Å². The van der Waals surface area contributed by atoms with Crippen LogP contribution in [0, 0.1) is 5.92 Å². The first-order valence-corrected chi connectivity index (χ1v) is 17.7. The highest BCUT2D eigenvalue weighted by Gasteiger charge is 2.58. The van der Waals surface area contributed by atoms with Gasteiger partial charge in [0.05, 0.1) is 24.8 Å². The number of carbonyl (C=O) groups is 3. The summed E-state index contributed by atoms with van der Waals surface area (Å²) in [5.41, 5.74) is 11.0. The molecule has 0 saturated carbocycles. The van der Waals surface area contributed by atoms with Crippen molar-refractivity contribution in [2.24, 2.45) is 16.8 Å². The topological polar surface area (TPSA) is 287 Å². The van der Waals surface area contributed by atoms with Crippen molar-refractivity contribution in [1.82, 2.24) is 25.7 Å². The van der Waals surface area contributed by atoms with Gasteiger partial charge in [0.2, 0.25) is 0 Å². The number of thiazole rings is 1. The van der Waals surface area contributed by atoms with Gasteiger partial charge in [-0.3, -0.25) is 19.5 Å². The fourth-order valence-electron chi connectivity index (χ4n) is 5.04. The van der Waals surface area contributed by atoms with E-state index >= 15 is 0 Å². The summed E-state index contributed by atoms with van der Waals surface area (Å²) in [6.07, 6.45) is 2.05. The molecule has 0 bridgehead atoms. The highest BCUT2D eigenvalue weighted by atomic mass is 32.3. The van der Waals surface area contributed by atoms with E-state index in [9.17, 15) is 27.9 Å². The number of amides is 2. The number of hydroxylamine groups is 2. The normalized spacial score (nSPS) is 18.0. The summed E-state index contributed by atoms with van der Waals surface area (Å²) in [7, 11) is -5.02. The van der Waals surface area contributed by atoms with E-state index in [2.05, 4.69) is 39.9 Å². The third-order valence-corrected chi connectivity index (χ3v) is 8.89. The molecule has 2 aromatic heterocycles. The molecular weight excluding hydrogens is 713 g/mol. The second-order valence-corrected chi connectivity index (χ2v) is 13.9. The molecule has 22 heteroatoms. The number of β-lactam (4-membered cyclic amide) rings is 1. The number of ether oxygens (including phenoxy) is 1. The predicted molar refractivity (Wildman–Crippen MR) is 180 cm³/mol. The number of oxime groups is 1. The van der Waals surface area contributed by atoms with Crippen LogP contribution in [0.5, 0.6) is 5.75 Å². The molecule has 2 saturated heterocycles. The molecule has 20 nitrogen and oxygen atoms in total. The monoisotopic (exact) mass is 749 g/mol. The van der Waals surface area contributed by atoms with Crippen LogP contribution in [0.2, 0.25) is 0 Å². The van der Waals surface area contributed by atoms with Crippen LogP contribution in [-0.2, 0) is 40.4 Å². The minimum absolute atomic E-state index is 0.0558. The SMILES string of the molecule is CC1(C)C(NC(=O)/C(=N\O[C@@H](COc2ccc(-c3cnc(NCCN)[n+](CC4CNC4)c3)cc2)C(=O)O)c2csc(N)n2)C(=O)N1OS(=O)(=O)O. The number of aromatic nitrogens is 3. The Bertz CT molecular complexity index is 1900. The smallest absolute Gasteiger partial charge is 0.418 e. The summed E-state index contributed by atoms with van der Waals surface area (Å²) in [6, 6.07) is 5.57. The Kier molecular flexibility index (Phi) is 11.3. The molecule has 0 spiro atoms. The van der Waals surface area contributed by atoms with Gasteiger partial charge in [-0.2, -0.15) is 13.5 Å². The summed E-state index contributed by atoms with van der Waals surface area (Å²) in [5, 5.41) is 24.2. The standard InChI is InChI=1S/C29H36N10O10S2/c1-29(2)23(25(41)39(29)49-51(44,45)46)36-24(40)22(20-15-50-27(31)35-20)37-48-21(26(42)43)14-47-19-5-3-17(4-6-19)18-11-34-28(33-8-7-30)38(13-18)12-16-9-32-10-16/h3-6,11,13,15-16,21,23,32H,7-10,12,14,30H2,1-2H3,(H5,31,35,36,40,42,43,44,45,46)/p+1/b37-22-/t21-,23?/m0/s1. The molecular formula is C29H37N10O10S2+. The van der Waals surface area contributed by atoms with Crippen molar-refractivity contribution in [2.75, 3.05) is 43.8 Å². The Morgan fingerprint density at radius 1 is 1.25 bits per heavy atom. The van der Waals surface area contributed by atoms with E-state index in [0.29, 0.717) is 29.8 Å². The average molecular weight is 750 g/mol. The molecule has 274 valence electrons. The Morgan fingerprint density at radius 2 is 1.98 bits per heavy atom. The van der Waals surface area contributed by atoms with Crippen molar-refractivity contribution >= 4 is 56.3 Å². The number of hydrogen-bond acceptors (Lipinski definition) is 16. The third kappa shape index (κ3) is 9.03. The molecule has 3 aromatic rings. The van der Waals surface area contributed by atoms with Gasteiger partial charge in [0.15, 0.2) is 10.8 Å². The largest absolute Gasteiger partial charge is 0.489 e. The minimum Gasteiger partial charge on any atom is -0.489 e. The van der Waals surface area contributed by atoms with Gasteiger partial charge in [-0.15, -0.1) is 15.6 Å². The number of aliphatic carboxylic acids is 1. The van der Waals surface area contributed by atoms with Crippen molar-refractivity contribution in [3.63, 3.8) is 0 Å². The van der Waals surface area contributed by atoms with E-state index in [1.54, 1.807) is 30.5 Å².